The molecule has 0 aromatic heterocycles. The van der Waals surface area contributed by atoms with Gasteiger partial charge < -0.3 is 4.74 Å². The first kappa shape index (κ1) is 12.3. The van der Waals surface area contributed by atoms with Crippen LogP contribution in [0.15, 0.2) is 54.8 Å². The average molecular weight is 214 g/mol. The highest BCUT2D eigenvalue weighted by Gasteiger charge is 2.06. The molecule has 0 bridgehead atoms. The van der Waals surface area contributed by atoms with Crippen LogP contribution < -0.4 is 0 Å². The molecule has 0 radical (unpaired) electrons. The number of rotatable bonds is 4. The number of methoxy groups -OCH3 is 1. The van der Waals surface area contributed by atoms with Crippen LogP contribution in [0.1, 0.15) is 18.1 Å². The molecule has 0 heterocycles. The maximum Gasteiger partial charge on any atom is 0.119 e. The fraction of sp³-hybridized carbons (Fsp3) is 0.200. The van der Waals surface area contributed by atoms with Crippen molar-refractivity contribution in [3.8, 4) is 0 Å². The molecule has 1 heteroatoms. The molecular formula is C15H18O. The van der Waals surface area contributed by atoms with Crippen molar-refractivity contribution in [2.45, 2.75) is 13.8 Å². The number of hydrogen-bond acceptors (Lipinski definition) is 1. The summed E-state index contributed by atoms with van der Waals surface area (Å²) < 4.78 is 5.20. The number of ether oxygens (including phenoxy) is 1. The Kier molecular flexibility index (Phi) is 4.12. The zero-order valence-corrected chi connectivity index (χ0v) is 10.2. The second-order valence-electron chi connectivity index (χ2n) is 3.90. The standard InChI is InChI=1S/C15H18O/c1-11(2)9-15(13(4)16-5)14-8-6-7-12(3)10-14/h6-10H,1,4H2,2-3,5H3/b15-9+. The molecule has 0 spiro atoms. The summed E-state index contributed by atoms with van der Waals surface area (Å²) in [6, 6.07) is 8.25. The van der Waals surface area contributed by atoms with Gasteiger partial charge in [-0.15, -0.1) is 0 Å². The maximum absolute atomic E-state index is 5.20. The molecule has 0 amide bonds. The van der Waals surface area contributed by atoms with Gasteiger partial charge in [-0.1, -0.05) is 48.6 Å². The predicted octanol–water partition coefficient (Wildman–Crippen LogP) is 4.11. The summed E-state index contributed by atoms with van der Waals surface area (Å²) in [6.45, 7) is 11.8. The van der Waals surface area contributed by atoms with Crippen LogP contribution in [0.4, 0.5) is 0 Å². The van der Waals surface area contributed by atoms with Gasteiger partial charge in [-0.05, 0) is 25.5 Å². The van der Waals surface area contributed by atoms with Gasteiger partial charge in [0.25, 0.3) is 0 Å². The molecule has 1 aromatic carbocycles. The molecule has 1 rings (SSSR count). The minimum atomic E-state index is 0.661. The smallest absolute Gasteiger partial charge is 0.119 e. The first-order valence-electron chi connectivity index (χ1n) is 5.22. The monoisotopic (exact) mass is 214 g/mol. The Labute approximate surface area is 97.8 Å². The van der Waals surface area contributed by atoms with Gasteiger partial charge in [0.05, 0.1) is 7.11 Å². The summed E-state index contributed by atoms with van der Waals surface area (Å²) in [5.74, 6) is 0.661. The summed E-state index contributed by atoms with van der Waals surface area (Å²) in [5, 5.41) is 0. The molecular weight excluding hydrogens is 196 g/mol. The fourth-order valence-corrected chi connectivity index (χ4v) is 1.49. The summed E-state index contributed by atoms with van der Waals surface area (Å²) in [7, 11) is 1.63. The van der Waals surface area contributed by atoms with Crippen molar-refractivity contribution in [2.24, 2.45) is 0 Å². The second-order valence-corrected chi connectivity index (χ2v) is 3.90. The van der Waals surface area contributed by atoms with E-state index in [9.17, 15) is 0 Å². The van der Waals surface area contributed by atoms with Gasteiger partial charge in [0.2, 0.25) is 0 Å². The molecule has 1 aromatic rings. The topological polar surface area (TPSA) is 9.23 Å². The minimum Gasteiger partial charge on any atom is -0.497 e. The van der Waals surface area contributed by atoms with E-state index >= 15 is 0 Å². The van der Waals surface area contributed by atoms with E-state index in [-0.39, 0.29) is 0 Å². The molecule has 84 valence electrons. The lowest BCUT2D eigenvalue weighted by Crippen LogP contribution is -1.92. The second kappa shape index (κ2) is 5.36. The van der Waals surface area contributed by atoms with Crippen molar-refractivity contribution in [2.75, 3.05) is 7.11 Å². The Bertz CT molecular complexity index is 439. The highest BCUT2D eigenvalue weighted by atomic mass is 16.5. The van der Waals surface area contributed by atoms with E-state index in [4.69, 9.17) is 4.74 Å². The lowest BCUT2D eigenvalue weighted by atomic mass is 10.0. The van der Waals surface area contributed by atoms with Crippen molar-refractivity contribution in [3.05, 3.63) is 66.0 Å². The largest absolute Gasteiger partial charge is 0.497 e. The predicted molar refractivity (Wildman–Crippen MR) is 70.1 cm³/mol. The van der Waals surface area contributed by atoms with Crippen LogP contribution in [0.3, 0.4) is 0 Å². The lowest BCUT2D eigenvalue weighted by Gasteiger charge is -2.11. The highest BCUT2D eigenvalue weighted by molar-refractivity contribution is 5.78. The van der Waals surface area contributed by atoms with Gasteiger partial charge >= 0.3 is 0 Å². The summed E-state index contributed by atoms with van der Waals surface area (Å²) in [5.41, 5.74) is 4.29. The van der Waals surface area contributed by atoms with Crippen LogP contribution in [0, 0.1) is 6.92 Å². The normalized spacial score (nSPS) is 11.1. The van der Waals surface area contributed by atoms with Gasteiger partial charge in [0.15, 0.2) is 0 Å². The third-order valence-corrected chi connectivity index (χ3v) is 2.27. The molecule has 16 heavy (non-hydrogen) atoms. The van der Waals surface area contributed by atoms with Gasteiger partial charge in [-0.3, -0.25) is 0 Å². The molecule has 0 N–H and O–H groups in total. The first-order chi connectivity index (χ1) is 7.54. The van der Waals surface area contributed by atoms with E-state index < -0.39 is 0 Å². The SMILES string of the molecule is C=C(C)/C=C(\C(=C)OC)c1cccc(C)c1. The van der Waals surface area contributed by atoms with Gasteiger partial charge in [0, 0.05) is 5.57 Å². The van der Waals surface area contributed by atoms with Crippen molar-refractivity contribution in [3.63, 3.8) is 0 Å². The number of benzene rings is 1. The maximum atomic E-state index is 5.20. The van der Waals surface area contributed by atoms with E-state index in [2.05, 4.69) is 32.2 Å². The van der Waals surface area contributed by atoms with Crippen LogP contribution >= 0.6 is 0 Å². The number of aryl methyl sites for hydroxylation is 1. The molecule has 0 aliphatic heterocycles. The van der Waals surface area contributed by atoms with E-state index in [0.29, 0.717) is 5.76 Å². The van der Waals surface area contributed by atoms with Gasteiger partial charge in [0.1, 0.15) is 5.76 Å². The molecule has 0 unspecified atom stereocenters. The van der Waals surface area contributed by atoms with E-state index in [1.54, 1.807) is 7.11 Å². The Morgan fingerprint density at radius 1 is 1.31 bits per heavy atom. The number of allylic oxidation sites excluding steroid dienone is 3. The third kappa shape index (κ3) is 3.13. The minimum absolute atomic E-state index is 0.661. The average Bonchev–Trinajstić information content (AvgIpc) is 2.24. The van der Waals surface area contributed by atoms with E-state index in [0.717, 1.165) is 16.7 Å². The van der Waals surface area contributed by atoms with E-state index in [1.807, 2.05) is 25.1 Å². The molecule has 0 saturated heterocycles. The summed E-state index contributed by atoms with van der Waals surface area (Å²) in [6.07, 6.45) is 1.99. The molecule has 1 nitrogen and oxygen atoms in total. The Balaban J connectivity index is 3.21. The van der Waals surface area contributed by atoms with Crippen molar-refractivity contribution < 1.29 is 4.74 Å². The van der Waals surface area contributed by atoms with Crippen LogP contribution in [-0.2, 0) is 4.74 Å². The van der Waals surface area contributed by atoms with Crippen molar-refractivity contribution in [1.82, 2.24) is 0 Å². The van der Waals surface area contributed by atoms with Crippen LogP contribution in [0.5, 0.6) is 0 Å². The lowest BCUT2D eigenvalue weighted by molar-refractivity contribution is 0.313. The molecule has 0 aliphatic carbocycles. The zero-order valence-electron chi connectivity index (χ0n) is 10.2. The highest BCUT2D eigenvalue weighted by Crippen LogP contribution is 2.24. The zero-order chi connectivity index (χ0) is 12.1. The van der Waals surface area contributed by atoms with E-state index in [1.165, 1.54) is 5.56 Å². The Morgan fingerprint density at radius 2 is 2.00 bits per heavy atom. The van der Waals surface area contributed by atoms with Crippen molar-refractivity contribution >= 4 is 5.57 Å². The van der Waals surface area contributed by atoms with Gasteiger partial charge in [-0.25, -0.2) is 0 Å². The molecule has 0 aliphatic rings. The van der Waals surface area contributed by atoms with Crippen LogP contribution in [-0.4, -0.2) is 7.11 Å². The quantitative estimate of drug-likeness (QED) is 0.541. The number of hydrogen-bond donors (Lipinski definition) is 0. The summed E-state index contributed by atoms with van der Waals surface area (Å²) >= 11 is 0. The van der Waals surface area contributed by atoms with Crippen LogP contribution in [0.2, 0.25) is 0 Å². The third-order valence-electron chi connectivity index (χ3n) is 2.27. The fourth-order valence-electron chi connectivity index (χ4n) is 1.49. The molecule has 0 fully saturated rings. The van der Waals surface area contributed by atoms with Crippen LogP contribution in [0.25, 0.3) is 5.57 Å². The molecule has 0 saturated carbocycles. The van der Waals surface area contributed by atoms with Crippen molar-refractivity contribution in [1.29, 1.82) is 0 Å². The first-order valence-corrected chi connectivity index (χ1v) is 5.22. The summed E-state index contributed by atoms with van der Waals surface area (Å²) in [4.78, 5) is 0. The Hall–Kier alpha value is -1.76. The Morgan fingerprint density at radius 3 is 2.50 bits per heavy atom. The molecule has 0 atom stereocenters. The van der Waals surface area contributed by atoms with Gasteiger partial charge in [-0.2, -0.15) is 0 Å².